The number of rotatable bonds is 11. The molecule has 2 aromatic heterocycles. The van der Waals surface area contributed by atoms with E-state index in [9.17, 15) is 4.79 Å². The van der Waals surface area contributed by atoms with E-state index >= 15 is 0 Å². The molecule has 1 saturated heterocycles. The van der Waals surface area contributed by atoms with E-state index in [0.29, 0.717) is 54.8 Å². The summed E-state index contributed by atoms with van der Waals surface area (Å²) in [6.45, 7) is 17.1. The smallest absolute Gasteiger partial charge is 0.410 e. The van der Waals surface area contributed by atoms with Crippen LogP contribution < -0.4 is 25.0 Å². The number of likely N-dealkylation sites (tertiary alicyclic amines) is 1. The standard InChI is InChI=1S/C38H49N7O4/c1-10-24(3)29-21-28(13-14-31(29)44(9)11-2)47-32-15-12-26(20-25(32)4)43-35-33-30(41-23-42-35)22-40-36(39-8)34(33)48-27-16-18-45(19-17-27)37(46)49-38(5,6)7/h11-15,20-24,27H,2,10,16-19H2,1,3-9H3,(H,39,40)(H,41,42,43). The number of nitrogens with zero attached hydrogens (tertiary/aromatic N) is 5. The van der Waals surface area contributed by atoms with Gasteiger partial charge >= 0.3 is 6.09 Å². The van der Waals surface area contributed by atoms with E-state index in [1.807, 2.05) is 77.2 Å². The molecule has 2 N–H and O–H groups in total. The van der Waals surface area contributed by atoms with Crippen LogP contribution in [-0.2, 0) is 4.74 Å². The Morgan fingerprint density at radius 3 is 2.53 bits per heavy atom. The molecule has 260 valence electrons. The first kappa shape index (κ1) is 35.3. The Morgan fingerprint density at radius 1 is 1.12 bits per heavy atom. The Labute approximate surface area is 289 Å². The van der Waals surface area contributed by atoms with Crippen LogP contribution in [0.15, 0.2) is 61.7 Å². The summed E-state index contributed by atoms with van der Waals surface area (Å²) in [7, 11) is 3.82. The third-order valence-corrected chi connectivity index (χ3v) is 8.71. The third-order valence-electron chi connectivity index (χ3n) is 8.71. The molecule has 1 unspecified atom stereocenters. The second kappa shape index (κ2) is 15.0. The maximum absolute atomic E-state index is 12.6. The van der Waals surface area contributed by atoms with Gasteiger partial charge in [0.1, 0.15) is 35.3 Å². The fourth-order valence-electron chi connectivity index (χ4n) is 5.80. The molecule has 5 rings (SSSR count). The van der Waals surface area contributed by atoms with Crippen molar-refractivity contribution in [2.75, 3.05) is 42.7 Å². The topological polar surface area (TPSA) is 114 Å². The van der Waals surface area contributed by atoms with Crippen molar-refractivity contribution >= 4 is 40.0 Å². The molecular formula is C38H49N7O4. The van der Waals surface area contributed by atoms with Crippen molar-refractivity contribution in [3.05, 3.63) is 72.8 Å². The first-order chi connectivity index (χ1) is 23.4. The van der Waals surface area contributed by atoms with Crippen molar-refractivity contribution in [3.63, 3.8) is 0 Å². The lowest BCUT2D eigenvalue weighted by Crippen LogP contribution is -2.44. The van der Waals surface area contributed by atoms with E-state index in [2.05, 4.69) is 58.1 Å². The van der Waals surface area contributed by atoms with Gasteiger partial charge in [-0.2, -0.15) is 0 Å². The summed E-state index contributed by atoms with van der Waals surface area (Å²) in [5, 5.41) is 7.36. The molecule has 49 heavy (non-hydrogen) atoms. The molecule has 4 aromatic rings. The van der Waals surface area contributed by atoms with Crippen molar-refractivity contribution in [1.82, 2.24) is 19.9 Å². The van der Waals surface area contributed by atoms with Crippen LogP contribution in [-0.4, -0.2) is 64.8 Å². The van der Waals surface area contributed by atoms with Crippen molar-refractivity contribution < 1.29 is 19.0 Å². The average Bonchev–Trinajstić information content (AvgIpc) is 3.08. The minimum atomic E-state index is -0.539. The minimum Gasteiger partial charge on any atom is -0.486 e. The summed E-state index contributed by atoms with van der Waals surface area (Å²) >= 11 is 0. The Morgan fingerprint density at radius 2 is 1.88 bits per heavy atom. The molecule has 1 atom stereocenters. The Balaban J connectivity index is 1.36. The SMILES string of the molecule is C=CN(C)c1ccc(Oc2ccc(Nc3ncnc4cnc(NC)c(OC5CCN(C(=O)OC(C)(C)C)CC5)c34)cc2C)cc1C(C)CC. The van der Waals surface area contributed by atoms with Crippen LogP contribution in [0.4, 0.5) is 27.8 Å². The largest absolute Gasteiger partial charge is 0.486 e. The van der Waals surface area contributed by atoms with Crippen LogP contribution in [0, 0.1) is 6.92 Å². The van der Waals surface area contributed by atoms with Gasteiger partial charge in [0.2, 0.25) is 0 Å². The van der Waals surface area contributed by atoms with Crippen LogP contribution in [0.3, 0.4) is 0 Å². The summed E-state index contributed by atoms with van der Waals surface area (Å²) in [5.41, 5.74) is 4.26. The normalized spacial score (nSPS) is 14.2. The first-order valence-electron chi connectivity index (χ1n) is 16.9. The molecular weight excluding hydrogens is 618 g/mol. The number of fused-ring (bicyclic) bond motifs is 1. The number of nitrogens with one attached hydrogen (secondary N) is 2. The van der Waals surface area contributed by atoms with Crippen molar-refractivity contribution in [2.24, 2.45) is 0 Å². The van der Waals surface area contributed by atoms with Crippen molar-refractivity contribution in [2.45, 2.75) is 78.4 Å². The maximum atomic E-state index is 12.6. The van der Waals surface area contributed by atoms with Crippen molar-refractivity contribution in [1.29, 1.82) is 0 Å². The molecule has 1 aliphatic rings. The lowest BCUT2D eigenvalue weighted by molar-refractivity contribution is 0.0128. The van der Waals surface area contributed by atoms with Gasteiger partial charge in [0, 0.05) is 51.4 Å². The quantitative estimate of drug-likeness (QED) is 0.161. The molecule has 11 nitrogen and oxygen atoms in total. The molecule has 0 aliphatic carbocycles. The highest BCUT2D eigenvalue weighted by Crippen LogP contribution is 2.39. The van der Waals surface area contributed by atoms with Crippen LogP contribution in [0.25, 0.3) is 10.9 Å². The minimum absolute atomic E-state index is 0.128. The predicted molar refractivity (Wildman–Crippen MR) is 197 cm³/mol. The average molecular weight is 668 g/mol. The fourth-order valence-corrected chi connectivity index (χ4v) is 5.80. The van der Waals surface area contributed by atoms with Gasteiger partial charge in [0.15, 0.2) is 11.6 Å². The van der Waals surface area contributed by atoms with E-state index in [1.165, 1.54) is 11.9 Å². The number of amides is 1. The van der Waals surface area contributed by atoms with Gasteiger partial charge in [0.25, 0.3) is 0 Å². The number of hydrogen-bond donors (Lipinski definition) is 2. The molecule has 11 heteroatoms. The number of benzene rings is 2. The second-order valence-corrected chi connectivity index (χ2v) is 13.5. The maximum Gasteiger partial charge on any atom is 0.410 e. The highest BCUT2D eigenvalue weighted by atomic mass is 16.6. The Kier molecular flexibility index (Phi) is 10.8. The van der Waals surface area contributed by atoms with Gasteiger partial charge < -0.3 is 34.6 Å². The van der Waals surface area contributed by atoms with Crippen LogP contribution in [0.1, 0.15) is 70.9 Å². The molecule has 3 heterocycles. The van der Waals surface area contributed by atoms with E-state index in [4.69, 9.17) is 14.2 Å². The van der Waals surface area contributed by atoms with Crippen LogP contribution in [0.5, 0.6) is 17.2 Å². The molecule has 0 saturated carbocycles. The van der Waals surface area contributed by atoms with Gasteiger partial charge in [0.05, 0.1) is 17.1 Å². The van der Waals surface area contributed by atoms with E-state index < -0.39 is 5.60 Å². The van der Waals surface area contributed by atoms with Gasteiger partial charge in [-0.1, -0.05) is 20.4 Å². The molecule has 1 aliphatic heterocycles. The predicted octanol–water partition coefficient (Wildman–Crippen LogP) is 8.78. The lowest BCUT2D eigenvalue weighted by atomic mass is 9.96. The van der Waals surface area contributed by atoms with Crippen molar-refractivity contribution in [3.8, 4) is 17.2 Å². The van der Waals surface area contributed by atoms with Gasteiger partial charge in [-0.25, -0.2) is 19.7 Å². The number of piperidine rings is 1. The molecule has 0 radical (unpaired) electrons. The Hall–Kier alpha value is -5.06. The molecule has 1 amide bonds. The molecule has 0 spiro atoms. The monoisotopic (exact) mass is 667 g/mol. The zero-order valence-corrected chi connectivity index (χ0v) is 30.0. The second-order valence-electron chi connectivity index (χ2n) is 13.5. The lowest BCUT2D eigenvalue weighted by Gasteiger charge is -2.33. The number of anilines is 4. The van der Waals surface area contributed by atoms with E-state index in [-0.39, 0.29) is 12.2 Å². The summed E-state index contributed by atoms with van der Waals surface area (Å²) in [6.07, 6.45) is 6.94. The summed E-state index contributed by atoms with van der Waals surface area (Å²) in [5.74, 6) is 3.67. The number of carbonyl (C=O) groups is 1. The summed E-state index contributed by atoms with van der Waals surface area (Å²) in [4.78, 5) is 30.1. The molecule has 2 aromatic carbocycles. The third kappa shape index (κ3) is 8.33. The number of pyridine rings is 1. The summed E-state index contributed by atoms with van der Waals surface area (Å²) in [6, 6.07) is 12.2. The zero-order chi connectivity index (χ0) is 35.3. The fraction of sp³-hybridized carbons (Fsp3) is 0.421. The number of carbonyl (C=O) groups excluding carboxylic acids is 1. The van der Waals surface area contributed by atoms with Gasteiger partial charge in [-0.15, -0.1) is 0 Å². The Bertz CT molecular complexity index is 1800. The highest BCUT2D eigenvalue weighted by molar-refractivity contribution is 5.98. The molecule has 0 bridgehead atoms. The number of hydrogen-bond acceptors (Lipinski definition) is 10. The highest BCUT2D eigenvalue weighted by Gasteiger charge is 2.29. The number of aryl methyl sites for hydroxylation is 1. The van der Waals surface area contributed by atoms with Gasteiger partial charge in [-0.05, 0) is 93.8 Å². The van der Waals surface area contributed by atoms with Gasteiger partial charge in [-0.3, -0.25) is 0 Å². The number of aromatic nitrogens is 3. The van der Waals surface area contributed by atoms with Crippen LogP contribution >= 0.6 is 0 Å². The van der Waals surface area contributed by atoms with E-state index in [1.54, 1.807) is 11.1 Å². The van der Waals surface area contributed by atoms with E-state index in [0.717, 1.165) is 40.2 Å². The van der Waals surface area contributed by atoms with Crippen LogP contribution in [0.2, 0.25) is 0 Å². The molecule has 1 fully saturated rings. The first-order valence-corrected chi connectivity index (χ1v) is 16.9. The summed E-state index contributed by atoms with van der Waals surface area (Å²) < 4.78 is 18.6. The number of ether oxygens (including phenoxy) is 3. The zero-order valence-electron chi connectivity index (χ0n) is 30.0.